The van der Waals surface area contributed by atoms with Crippen molar-refractivity contribution in [1.82, 2.24) is 25.5 Å². The number of H-pyrrole nitrogens is 1. The van der Waals surface area contributed by atoms with Gasteiger partial charge in [-0.15, -0.1) is 0 Å². The lowest BCUT2D eigenvalue weighted by Crippen LogP contribution is -2.31. The molecule has 1 aliphatic rings. The normalized spacial score (nSPS) is 19.7. The van der Waals surface area contributed by atoms with Crippen molar-refractivity contribution in [3.8, 4) is 0 Å². The number of rotatable bonds is 8. The largest absolute Gasteiger partial charge is 0.465 e. The molecule has 156 valence electrons. The fourth-order valence-electron chi connectivity index (χ4n) is 3.95. The molecule has 0 aliphatic heterocycles. The first-order chi connectivity index (χ1) is 13.9. The van der Waals surface area contributed by atoms with Gasteiger partial charge in [0.1, 0.15) is 0 Å². The number of aromatic amines is 1. The smallest absolute Gasteiger partial charge is 0.404 e. The number of hydrogen-bond donors (Lipinski definition) is 4. The van der Waals surface area contributed by atoms with Gasteiger partial charge in [0.05, 0.1) is 17.8 Å². The number of aryl methyl sites for hydroxylation is 1. The van der Waals surface area contributed by atoms with E-state index in [0.717, 1.165) is 43.5 Å². The minimum absolute atomic E-state index is 0.0291. The van der Waals surface area contributed by atoms with E-state index < -0.39 is 6.09 Å². The average Bonchev–Trinajstić information content (AvgIpc) is 3.28. The molecule has 0 aromatic carbocycles. The van der Waals surface area contributed by atoms with E-state index in [1.807, 2.05) is 19.9 Å². The zero-order valence-electron chi connectivity index (χ0n) is 16.8. The minimum atomic E-state index is -0.969. The summed E-state index contributed by atoms with van der Waals surface area (Å²) in [4.78, 5) is 31.2. The summed E-state index contributed by atoms with van der Waals surface area (Å²) in [5.74, 6) is 1.32. The molecular weight excluding hydrogens is 372 g/mol. The maximum absolute atomic E-state index is 12.2. The van der Waals surface area contributed by atoms with Crippen LogP contribution in [0.5, 0.6) is 0 Å². The standard InChI is InChI=1S/C20H28N6O3/c1-12(23-20(28)29)3-4-14-5-6-15(7-14)17-9-18(26-25-17)24-19(27)8-16-11-21-10-13(2)22-16/h9-12,14-15,23H,3-8H2,1-2H3,(H,28,29)(H2,24,25,26,27)/t12-,14?,15?/m0/s1. The van der Waals surface area contributed by atoms with Gasteiger partial charge in [0, 0.05) is 36.1 Å². The third-order valence-electron chi connectivity index (χ3n) is 5.37. The molecule has 1 saturated carbocycles. The Labute approximate surface area is 169 Å². The Kier molecular flexibility index (Phi) is 6.79. The number of nitrogens with one attached hydrogen (secondary N) is 3. The molecule has 4 N–H and O–H groups in total. The van der Waals surface area contributed by atoms with Crippen molar-refractivity contribution in [1.29, 1.82) is 0 Å². The van der Waals surface area contributed by atoms with Crippen LogP contribution in [0.25, 0.3) is 0 Å². The van der Waals surface area contributed by atoms with Crippen LogP contribution >= 0.6 is 0 Å². The number of carbonyl (C=O) groups is 2. The van der Waals surface area contributed by atoms with E-state index in [-0.39, 0.29) is 18.4 Å². The van der Waals surface area contributed by atoms with E-state index >= 15 is 0 Å². The van der Waals surface area contributed by atoms with Crippen LogP contribution in [0.2, 0.25) is 0 Å². The SMILES string of the molecule is Cc1cncc(CC(=O)Nc2cc(C3CCC(CC[C@H](C)NC(=O)O)C3)[nH]n2)n1. The number of aromatic nitrogens is 4. The summed E-state index contributed by atoms with van der Waals surface area (Å²) in [6.45, 7) is 3.74. The maximum Gasteiger partial charge on any atom is 0.404 e. The monoisotopic (exact) mass is 400 g/mol. The summed E-state index contributed by atoms with van der Waals surface area (Å²) in [6, 6.07) is 1.88. The minimum Gasteiger partial charge on any atom is -0.465 e. The fraction of sp³-hybridized carbons (Fsp3) is 0.550. The molecular formula is C20H28N6O3. The summed E-state index contributed by atoms with van der Waals surface area (Å²) in [5, 5.41) is 21.4. The van der Waals surface area contributed by atoms with Gasteiger partial charge in [0.2, 0.25) is 5.91 Å². The number of carboxylic acid groups (broad SMARTS) is 1. The first-order valence-corrected chi connectivity index (χ1v) is 10.0. The summed E-state index contributed by atoms with van der Waals surface area (Å²) in [6.07, 6.45) is 7.52. The zero-order valence-corrected chi connectivity index (χ0v) is 16.8. The number of nitrogens with zero attached hydrogens (tertiary/aromatic N) is 3. The van der Waals surface area contributed by atoms with E-state index in [1.54, 1.807) is 12.4 Å². The third kappa shape index (κ3) is 6.27. The highest BCUT2D eigenvalue weighted by atomic mass is 16.4. The summed E-state index contributed by atoms with van der Waals surface area (Å²) < 4.78 is 0. The lowest BCUT2D eigenvalue weighted by atomic mass is 9.96. The van der Waals surface area contributed by atoms with Crippen molar-refractivity contribution in [2.24, 2.45) is 5.92 Å². The average molecular weight is 400 g/mol. The maximum atomic E-state index is 12.2. The predicted octanol–water partition coefficient (Wildman–Crippen LogP) is 3.01. The van der Waals surface area contributed by atoms with Gasteiger partial charge in [0.25, 0.3) is 0 Å². The first-order valence-electron chi connectivity index (χ1n) is 10.0. The Morgan fingerprint density at radius 2 is 2.17 bits per heavy atom. The molecule has 3 atom stereocenters. The molecule has 0 spiro atoms. The van der Waals surface area contributed by atoms with Gasteiger partial charge < -0.3 is 15.7 Å². The van der Waals surface area contributed by atoms with Crippen LogP contribution in [-0.4, -0.2) is 43.3 Å². The molecule has 2 aromatic heterocycles. The molecule has 0 radical (unpaired) electrons. The van der Waals surface area contributed by atoms with Crippen LogP contribution in [0, 0.1) is 12.8 Å². The number of anilines is 1. The van der Waals surface area contributed by atoms with E-state index in [0.29, 0.717) is 23.3 Å². The highest BCUT2D eigenvalue weighted by molar-refractivity contribution is 5.91. The van der Waals surface area contributed by atoms with Crippen LogP contribution in [0.15, 0.2) is 18.5 Å². The zero-order chi connectivity index (χ0) is 20.8. The van der Waals surface area contributed by atoms with Gasteiger partial charge in [-0.1, -0.05) is 0 Å². The van der Waals surface area contributed by atoms with Crippen molar-refractivity contribution in [2.75, 3.05) is 5.32 Å². The van der Waals surface area contributed by atoms with Gasteiger partial charge in [0.15, 0.2) is 5.82 Å². The lowest BCUT2D eigenvalue weighted by Gasteiger charge is -2.14. The van der Waals surface area contributed by atoms with Crippen LogP contribution in [0.3, 0.4) is 0 Å². The van der Waals surface area contributed by atoms with Crippen molar-refractivity contribution >= 4 is 17.8 Å². The Morgan fingerprint density at radius 1 is 1.34 bits per heavy atom. The number of amides is 2. The van der Waals surface area contributed by atoms with E-state index in [2.05, 4.69) is 30.8 Å². The Morgan fingerprint density at radius 3 is 2.93 bits per heavy atom. The first kappa shape index (κ1) is 20.8. The van der Waals surface area contributed by atoms with Gasteiger partial charge in [-0.25, -0.2) is 4.79 Å². The van der Waals surface area contributed by atoms with Crippen molar-refractivity contribution in [3.05, 3.63) is 35.5 Å². The fourth-order valence-corrected chi connectivity index (χ4v) is 3.95. The number of carbonyl (C=O) groups excluding carboxylic acids is 1. The molecule has 0 bridgehead atoms. The van der Waals surface area contributed by atoms with Crippen LogP contribution < -0.4 is 10.6 Å². The molecule has 9 heteroatoms. The molecule has 2 unspecified atom stereocenters. The van der Waals surface area contributed by atoms with Crippen LogP contribution in [0.1, 0.15) is 62.0 Å². The van der Waals surface area contributed by atoms with Gasteiger partial charge in [-0.05, 0) is 51.9 Å². The molecule has 3 rings (SSSR count). The summed E-state index contributed by atoms with van der Waals surface area (Å²) in [7, 11) is 0. The Hall–Kier alpha value is -2.97. The third-order valence-corrected chi connectivity index (χ3v) is 5.37. The van der Waals surface area contributed by atoms with E-state index in [1.165, 1.54) is 0 Å². The second kappa shape index (κ2) is 9.49. The van der Waals surface area contributed by atoms with Crippen LogP contribution in [0.4, 0.5) is 10.6 Å². The Bertz CT molecular complexity index is 852. The highest BCUT2D eigenvalue weighted by Crippen LogP contribution is 2.40. The van der Waals surface area contributed by atoms with Gasteiger partial charge >= 0.3 is 6.09 Å². The van der Waals surface area contributed by atoms with Crippen LogP contribution in [-0.2, 0) is 11.2 Å². The summed E-state index contributed by atoms with van der Waals surface area (Å²) in [5.41, 5.74) is 2.44. The van der Waals surface area contributed by atoms with Crippen molar-refractivity contribution in [3.63, 3.8) is 0 Å². The molecule has 2 amide bonds. The molecule has 1 aliphatic carbocycles. The lowest BCUT2D eigenvalue weighted by molar-refractivity contribution is -0.115. The molecule has 2 aromatic rings. The molecule has 0 saturated heterocycles. The second-order valence-electron chi connectivity index (χ2n) is 7.89. The summed E-state index contributed by atoms with van der Waals surface area (Å²) >= 11 is 0. The van der Waals surface area contributed by atoms with E-state index in [9.17, 15) is 9.59 Å². The Balaban J connectivity index is 1.46. The van der Waals surface area contributed by atoms with Gasteiger partial charge in [-0.3, -0.25) is 19.9 Å². The topological polar surface area (TPSA) is 133 Å². The molecule has 1 fully saturated rings. The highest BCUT2D eigenvalue weighted by Gasteiger charge is 2.27. The van der Waals surface area contributed by atoms with E-state index in [4.69, 9.17) is 5.11 Å². The predicted molar refractivity (Wildman–Crippen MR) is 108 cm³/mol. The van der Waals surface area contributed by atoms with Crippen molar-refractivity contribution < 1.29 is 14.7 Å². The second-order valence-corrected chi connectivity index (χ2v) is 7.89. The van der Waals surface area contributed by atoms with Crippen molar-refractivity contribution in [2.45, 2.75) is 64.3 Å². The number of hydrogen-bond acceptors (Lipinski definition) is 5. The molecule has 9 nitrogen and oxygen atoms in total. The quantitative estimate of drug-likeness (QED) is 0.538. The molecule has 29 heavy (non-hydrogen) atoms. The molecule has 2 heterocycles. The van der Waals surface area contributed by atoms with Gasteiger partial charge in [-0.2, -0.15) is 5.10 Å².